The van der Waals surface area contributed by atoms with Gasteiger partial charge < -0.3 is 10.6 Å². The van der Waals surface area contributed by atoms with Gasteiger partial charge in [-0.1, -0.05) is 6.07 Å². The minimum atomic E-state index is -0.383. The zero-order valence-electron chi connectivity index (χ0n) is 9.04. The van der Waals surface area contributed by atoms with Gasteiger partial charge in [-0.3, -0.25) is 4.79 Å². The molecule has 1 atom stereocenters. The van der Waals surface area contributed by atoms with E-state index < -0.39 is 0 Å². The summed E-state index contributed by atoms with van der Waals surface area (Å²) in [6.07, 6.45) is 0. The fraction of sp³-hybridized carbons (Fsp3) is 0.273. The molecule has 0 saturated heterocycles. The summed E-state index contributed by atoms with van der Waals surface area (Å²) in [5.74, 6) is -0.121. The molecule has 0 aromatic heterocycles. The van der Waals surface area contributed by atoms with Crippen molar-refractivity contribution in [3.63, 3.8) is 0 Å². The average molecular weight is 282 g/mol. The second kappa shape index (κ2) is 5.52. The van der Waals surface area contributed by atoms with Crippen LogP contribution < -0.4 is 10.6 Å². The maximum atomic E-state index is 11.3. The molecule has 0 aliphatic rings. The standard InChI is InChI=1S/C11H12BrN3O/c1-7(11(16)14-2)15-10-5-3-4-9(12)8(10)6-13/h3-5,7,15H,1-2H3,(H,14,16). The first-order valence-electron chi connectivity index (χ1n) is 4.77. The molecule has 0 spiro atoms. The van der Waals surface area contributed by atoms with E-state index in [1.807, 2.05) is 6.07 Å². The van der Waals surface area contributed by atoms with Crippen molar-refractivity contribution in [1.29, 1.82) is 5.26 Å². The molecular formula is C11H12BrN3O. The van der Waals surface area contributed by atoms with Gasteiger partial charge in [0.2, 0.25) is 5.91 Å². The average Bonchev–Trinajstić information content (AvgIpc) is 2.28. The molecule has 1 aromatic carbocycles. The number of likely N-dealkylation sites (N-methyl/N-ethyl adjacent to an activating group) is 1. The van der Waals surface area contributed by atoms with Crippen LogP contribution in [0.4, 0.5) is 5.69 Å². The Morgan fingerprint density at radius 1 is 1.56 bits per heavy atom. The molecule has 0 radical (unpaired) electrons. The summed E-state index contributed by atoms with van der Waals surface area (Å²) < 4.78 is 0.712. The van der Waals surface area contributed by atoms with Crippen molar-refractivity contribution in [2.24, 2.45) is 0 Å². The van der Waals surface area contributed by atoms with E-state index in [1.165, 1.54) is 0 Å². The molecule has 16 heavy (non-hydrogen) atoms. The lowest BCUT2D eigenvalue weighted by Crippen LogP contribution is -2.35. The van der Waals surface area contributed by atoms with Gasteiger partial charge >= 0.3 is 0 Å². The first kappa shape index (κ1) is 12.5. The van der Waals surface area contributed by atoms with Gasteiger partial charge in [0.05, 0.1) is 11.3 Å². The molecule has 0 fully saturated rings. The second-order valence-corrected chi connectivity index (χ2v) is 4.11. The van der Waals surface area contributed by atoms with Crippen LogP contribution in [-0.4, -0.2) is 19.0 Å². The Kier molecular flexibility index (Phi) is 4.32. The Morgan fingerprint density at radius 2 is 2.25 bits per heavy atom. The fourth-order valence-corrected chi connectivity index (χ4v) is 1.73. The molecule has 0 aliphatic heterocycles. The molecule has 1 unspecified atom stereocenters. The predicted octanol–water partition coefficient (Wildman–Crippen LogP) is 1.87. The highest BCUT2D eigenvalue weighted by Gasteiger charge is 2.13. The smallest absolute Gasteiger partial charge is 0.241 e. The molecule has 2 N–H and O–H groups in total. The first-order valence-corrected chi connectivity index (χ1v) is 5.56. The van der Waals surface area contributed by atoms with Crippen LogP contribution in [0.2, 0.25) is 0 Å². The van der Waals surface area contributed by atoms with Crippen molar-refractivity contribution in [2.75, 3.05) is 12.4 Å². The highest BCUT2D eigenvalue weighted by Crippen LogP contribution is 2.24. The van der Waals surface area contributed by atoms with Gasteiger partial charge in [0.1, 0.15) is 12.1 Å². The van der Waals surface area contributed by atoms with Gasteiger partial charge in [-0.2, -0.15) is 5.26 Å². The summed E-state index contributed by atoms with van der Waals surface area (Å²) in [6.45, 7) is 1.74. The summed E-state index contributed by atoms with van der Waals surface area (Å²) in [4.78, 5) is 11.3. The molecule has 5 heteroatoms. The molecule has 1 amide bonds. The largest absolute Gasteiger partial charge is 0.373 e. The fourth-order valence-electron chi connectivity index (χ4n) is 1.27. The molecule has 4 nitrogen and oxygen atoms in total. The molecular weight excluding hydrogens is 270 g/mol. The van der Waals surface area contributed by atoms with Gasteiger partial charge in [0, 0.05) is 11.5 Å². The van der Waals surface area contributed by atoms with Gasteiger partial charge in [-0.15, -0.1) is 0 Å². The highest BCUT2D eigenvalue weighted by molar-refractivity contribution is 9.10. The Bertz CT molecular complexity index is 439. The third-order valence-corrected chi connectivity index (χ3v) is 2.80. The van der Waals surface area contributed by atoms with Gasteiger partial charge in [0.15, 0.2) is 0 Å². The number of benzene rings is 1. The Hall–Kier alpha value is -1.54. The minimum absolute atomic E-state index is 0.121. The molecule has 0 saturated carbocycles. The van der Waals surface area contributed by atoms with Crippen LogP contribution in [0.3, 0.4) is 0 Å². The summed E-state index contributed by atoms with van der Waals surface area (Å²) in [7, 11) is 1.58. The van der Waals surface area contributed by atoms with E-state index in [-0.39, 0.29) is 11.9 Å². The van der Waals surface area contributed by atoms with Crippen molar-refractivity contribution >= 4 is 27.5 Å². The zero-order chi connectivity index (χ0) is 12.1. The third kappa shape index (κ3) is 2.74. The predicted molar refractivity (Wildman–Crippen MR) is 66.0 cm³/mol. The topological polar surface area (TPSA) is 64.9 Å². The van der Waals surface area contributed by atoms with E-state index in [9.17, 15) is 4.79 Å². The van der Waals surface area contributed by atoms with Gasteiger partial charge in [-0.25, -0.2) is 0 Å². The van der Waals surface area contributed by atoms with E-state index in [0.29, 0.717) is 15.7 Å². The Morgan fingerprint density at radius 3 is 2.81 bits per heavy atom. The number of nitriles is 1. The Balaban J connectivity index is 2.94. The number of nitrogens with one attached hydrogen (secondary N) is 2. The van der Waals surface area contributed by atoms with Crippen LogP contribution in [0.1, 0.15) is 12.5 Å². The van der Waals surface area contributed by atoms with Crippen LogP contribution >= 0.6 is 15.9 Å². The van der Waals surface area contributed by atoms with Crippen molar-refractivity contribution in [3.05, 3.63) is 28.2 Å². The summed E-state index contributed by atoms with van der Waals surface area (Å²) in [6, 6.07) is 7.06. The second-order valence-electron chi connectivity index (χ2n) is 3.25. The van der Waals surface area contributed by atoms with Gasteiger partial charge in [0.25, 0.3) is 0 Å². The lowest BCUT2D eigenvalue weighted by atomic mass is 10.1. The van der Waals surface area contributed by atoms with Crippen LogP contribution in [0.15, 0.2) is 22.7 Å². The van der Waals surface area contributed by atoms with Crippen molar-refractivity contribution in [3.8, 4) is 6.07 Å². The number of anilines is 1. The lowest BCUT2D eigenvalue weighted by molar-refractivity contribution is -0.121. The third-order valence-electron chi connectivity index (χ3n) is 2.14. The van der Waals surface area contributed by atoms with E-state index in [4.69, 9.17) is 5.26 Å². The summed E-state index contributed by atoms with van der Waals surface area (Å²) >= 11 is 3.29. The van der Waals surface area contributed by atoms with Crippen LogP contribution in [0.5, 0.6) is 0 Å². The summed E-state index contributed by atoms with van der Waals surface area (Å²) in [5.41, 5.74) is 1.14. The number of halogens is 1. The van der Waals surface area contributed by atoms with Crippen molar-refractivity contribution < 1.29 is 4.79 Å². The SMILES string of the molecule is CNC(=O)C(C)Nc1cccc(Br)c1C#N. The normalized spacial score (nSPS) is 11.4. The number of hydrogen-bond acceptors (Lipinski definition) is 3. The maximum Gasteiger partial charge on any atom is 0.241 e. The van der Waals surface area contributed by atoms with Crippen LogP contribution in [-0.2, 0) is 4.79 Å². The van der Waals surface area contributed by atoms with Crippen molar-refractivity contribution in [2.45, 2.75) is 13.0 Å². The number of rotatable bonds is 3. The lowest BCUT2D eigenvalue weighted by Gasteiger charge is -2.15. The number of carbonyl (C=O) groups is 1. The number of nitrogens with zero attached hydrogens (tertiary/aromatic N) is 1. The van der Waals surface area contributed by atoms with Crippen LogP contribution in [0, 0.1) is 11.3 Å². The maximum absolute atomic E-state index is 11.3. The van der Waals surface area contributed by atoms with Crippen LogP contribution in [0.25, 0.3) is 0 Å². The molecule has 0 aliphatic carbocycles. The van der Waals surface area contributed by atoms with E-state index in [2.05, 4.69) is 32.6 Å². The molecule has 0 bridgehead atoms. The minimum Gasteiger partial charge on any atom is -0.373 e. The van der Waals surface area contributed by atoms with E-state index >= 15 is 0 Å². The summed E-state index contributed by atoms with van der Waals surface area (Å²) in [5, 5.41) is 14.5. The quantitative estimate of drug-likeness (QED) is 0.889. The number of amides is 1. The van der Waals surface area contributed by atoms with Gasteiger partial charge in [-0.05, 0) is 35.0 Å². The van der Waals surface area contributed by atoms with E-state index in [1.54, 1.807) is 26.1 Å². The van der Waals surface area contributed by atoms with Crippen molar-refractivity contribution in [1.82, 2.24) is 5.32 Å². The first-order chi connectivity index (χ1) is 7.60. The molecule has 84 valence electrons. The monoisotopic (exact) mass is 281 g/mol. The molecule has 1 aromatic rings. The zero-order valence-corrected chi connectivity index (χ0v) is 10.6. The molecule has 1 rings (SSSR count). The number of hydrogen-bond donors (Lipinski definition) is 2. The highest BCUT2D eigenvalue weighted by atomic mass is 79.9. The van der Waals surface area contributed by atoms with E-state index in [0.717, 1.165) is 0 Å². The molecule has 0 heterocycles. The Labute approximate surface area is 103 Å². The number of carbonyl (C=O) groups excluding carboxylic acids is 1.